The van der Waals surface area contributed by atoms with E-state index in [1.807, 2.05) is 91.0 Å². The topological polar surface area (TPSA) is 82.7 Å². The van der Waals surface area contributed by atoms with Gasteiger partial charge in [-0.15, -0.1) is 0 Å². The molecular weight excluding hydrogens is 784 g/mol. The monoisotopic (exact) mass is 830 g/mol. The summed E-state index contributed by atoms with van der Waals surface area (Å²) in [7, 11) is -2.78. The molecule has 0 radical (unpaired) electrons. The SMILES string of the molecule is CC.O=S(c1cccc(Cl)c1)n1cc(N2CCN3CCCC3C2)c2ncccc21.O=S(c1ccccc1Cl)n1cc(N2CCN3CCCC3C2)c2ncccc21. The Morgan fingerprint density at radius 3 is 1.73 bits per heavy atom. The minimum absolute atomic E-state index is 0.516. The lowest BCUT2D eigenvalue weighted by atomic mass is 10.1. The van der Waals surface area contributed by atoms with E-state index >= 15 is 0 Å². The summed E-state index contributed by atoms with van der Waals surface area (Å²) >= 11 is 12.4. The van der Waals surface area contributed by atoms with Crippen molar-refractivity contribution in [1.82, 2.24) is 27.7 Å². The van der Waals surface area contributed by atoms with Crippen LogP contribution in [0.5, 0.6) is 0 Å². The second-order valence-electron chi connectivity index (χ2n) is 14.4. The lowest BCUT2D eigenvalue weighted by Crippen LogP contribution is -2.50. The van der Waals surface area contributed by atoms with E-state index in [9.17, 15) is 8.42 Å². The summed E-state index contributed by atoms with van der Waals surface area (Å²) < 4.78 is 30.2. The second-order valence-corrected chi connectivity index (χ2v) is 17.9. The average Bonchev–Trinajstić information content (AvgIpc) is 4.06. The van der Waals surface area contributed by atoms with E-state index in [4.69, 9.17) is 23.2 Å². The number of hydrogen-bond donors (Lipinski definition) is 0. The van der Waals surface area contributed by atoms with Crippen molar-refractivity contribution < 1.29 is 8.42 Å². The Kier molecular flexibility index (Phi) is 12.1. The van der Waals surface area contributed by atoms with Gasteiger partial charge in [-0.25, -0.2) is 8.42 Å². The number of aromatic nitrogens is 4. The molecule has 0 spiro atoms. The van der Waals surface area contributed by atoms with Gasteiger partial charge in [0.1, 0.15) is 11.0 Å². The third-order valence-corrected chi connectivity index (χ3v) is 14.6. The molecule has 56 heavy (non-hydrogen) atoms. The molecule has 0 amide bonds. The Hall–Kier alpha value is -3.78. The Morgan fingerprint density at radius 2 is 1.18 bits per heavy atom. The number of piperazine rings is 2. The summed E-state index contributed by atoms with van der Waals surface area (Å²) in [4.78, 5) is 20.5. The fraction of sp³-hybridized carbons (Fsp3) is 0.381. The maximum absolute atomic E-state index is 13.3. The van der Waals surface area contributed by atoms with Crippen molar-refractivity contribution >= 4 is 78.6 Å². The molecule has 2 aromatic carbocycles. The minimum atomic E-state index is -1.41. The molecule has 0 bridgehead atoms. The van der Waals surface area contributed by atoms with E-state index in [-0.39, 0.29) is 0 Å². The Balaban J connectivity index is 0.000000151. The van der Waals surface area contributed by atoms with Gasteiger partial charge in [0.2, 0.25) is 0 Å². The van der Waals surface area contributed by atoms with Gasteiger partial charge in [-0.2, -0.15) is 0 Å². The molecular formula is C42H48Cl2N8O2S2. The molecule has 294 valence electrons. The van der Waals surface area contributed by atoms with Gasteiger partial charge in [-0.1, -0.05) is 55.2 Å². The van der Waals surface area contributed by atoms with Gasteiger partial charge in [0.15, 0.2) is 22.0 Å². The normalized spacial score (nSPS) is 20.9. The van der Waals surface area contributed by atoms with Crippen LogP contribution in [0.1, 0.15) is 39.5 Å². The molecule has 14 heteroatoms. The zero-order valence-corrected chi connectivity index (χ0v) is 35.0. The first-order chi connectivity index (χ1) is 27.4. The van der Waals surface area contributed by atoms with Crippen LogP contribution in [0.25, 0.3) is 22.1 Å². The van der Waals surface area contributed by atoms with Gasteiger partial charge in [-0.3, -0.25) is 27.7 Å². The lowest BCUT2D eigenvalue weighted by molar-refractivity contribution is 0.231. The third kappa shape index (κ3) is 7.76. The Morgan fingerprint density at radius 1 is 0.625 bits per heavy atom. The molecule has 4 aromatic heterocycles. The Labute approximate surface area is 344 Å². The van der Waals surface area contributed by atoms with Crippen molar-refractivity contribution in [2.75, 3.05) is 62.2 Å². The van der Waals surface area contributed by atoms with E-state index in [1.54, 1.807) is 28.4 Å². The standard InChI is InChI=1S/2C20H21ClN4OS.C2H6/c21-15-4-1-6-17(12-15)27(26)25-14-19(20-18(25)7-2-8-22-20)24-11-10-23-9-3-5-16(23)13-24;21-16-6-1-2-8-19(16)27(26)25-14-18(20-17(25)7-3-9-22-20)24-12-11-23-10-4-5-15(23)13-24;1-2/h1-2,4,6-8,12,14,16H,3,5,9-11,13H2;1-3,6-9,14-15H,4-5,10-13H2;1-2H3. The molecule has 4 unspecified atom stereocenters. The number of halogens is 2. The van der Waals surface area contributed by atoms with E-state index in [0.717, 1.165) is 72.7 Å². The summed E-state index contributed by atoms with van der Waals surface area (Å²) in [5.41, 5.74) is 5.73. The molecule has 0 saturated carbocycles. The first-order valence-electron chi connectivity index (χ1n) is 19.7. The van der Waals surface area contributed by atoms with Gasteiger partial charge < -0.3 is 9.80 Å². The number of pyridine rings is 2. The highest BCUT2D eigenvalue weighted by molar-refractivity contribution is 7.84. The minimum Gasteiger partial charge on any atom is -0.366 e. The van der Waals surface area contributed by atoms with Crippen LogP contribution in [0.15, 0.2) is 107 Å². The summed E-state index contributed by atoms with van der Waals surface area (Å²) in [6.07, 6.45) is 12.7. The number of nitrogens with zero attached hydrogens (tertiary/aromatic N) is 8. The molecule has 8 heterocycles. The van der Waals surface area contributed by atoms with Crippen LogP contribution in [0.4, 0.5) is 11.4 Å². The largest absolute Gasteiger partial charge is 0.366 e. The summed E-state index contributed by atoms with van der Waals surface area (Å²) in [6, 6.07) is 23.5. The highest BCUT2D eigenvalue weighted by atomic mass is 35.5. The number of fused-ring (bicyclic) bond motifs is 4. The molecule has 4 aliphatic heterocycles. The molecule has 4 saturated heterocycles. The highest BCUT2D eigenvalue weighted by Gasteiger charge is 2.34. The lowest BCUT2D eigenvalue weighted by Gasteiger charge is -2.38. The number of benzene rings is 2. The van der Waals surface area contributed by atoms with E-state index < -0.39 is 22.0 Å². The highest BCUT2D eigenvalue weighted by Crippen LogP contribution is 2.35. The third-order valence-electron chi connectivity index (χ3n) is 11.2. The fourth-order valence-corrected chi connectivity index (χ4v) is 11.5. The average molecular weight is 832 g/mol. The van der Waals surface area contributed by atoms with Gasteiger partial charge >= 0.3 is 0 Å². The zero-order valence-electron chi connectivity index (χ0n) is 31.8. The van der Waals surface area contributed by atoms with Crippen molar-refractivity contribution in [3.8, 4) is 0 Å². The molecule has 6 aromatic rings. The summed E-state index contributed by atoms with van der Waals surface area (Å²) in [5.74, 6) is 0. The maximum Gasteiger partial charge on any atom is 0.158 e. The first-order valence-corrected chi connectivity index (χ1v) is 22.6. The predicted molar refractivity (Wildman–Crippen MR) is 231 cm³/mol. The number of anilines is 2. The fourth-order valence-electron chi connectivity index (χ4n) is 8.57. The first kappa shape index (κ1) is 39.1. The van der Waals surface area contributed by atoms with Gasteiger partial charge in [-0.05, 0) is 93.4 Å². The van der Waals surface area contributed by atoms with Gasteiger partial charge in [0.05, 0.1) is 37.2 Å². The van der Waals surface area contributed by atoms with Crippen LogP contribution < -0.4 is 9.80 Å². The number of rotatable bonds is 6. The van der Waals surface area contributed by atoms with Crippen molar-refractivity contribution in [1.29, 1.82) is 0 Å². The van der Waals surface area contributed by atoms with E-state index in [0.29, 0.717) is 31.9 Å². The van der Waals surface area contributed by atoms with Crippen LogP contribution in [0, 0.1) is 0 Å². The molecule has 0 N–H and O–H groups in total. The molecule has 4 aliphatic rings. The molecule has 0 aliphatic carbocycles. The van der Waals surface area contributed by atoms with Crippen LogP contribution in [0.2, 0.25) is 10.0 Å². The second kappa shape index (κ2) is 17.4. The maximum atomic E-state index is 13.3. The van der Waals surface area contributed by atoms with Crippen molar-refractivity contribution in [3.05, 3.63) is 108 Å². The number of hydrogen-bond acceptors (Lipinski definition) is 8. The molecule has 10 rings (SSSR count). The van der Waals surface area contributed by atoms with Crippen molar-refractivity contribution in [2.24, 2.45) is 0 Å². The van der Waals surface area contributed by atoms with Crippen LogP contribution >= 0.6 is 23.2 Å². The molecule has 4 fully saturated rings. The summed E-state index contributed by atoms with van der Waals surface area (Å²) in [6.45, 7) is 12.6. The smallest absolute Gasteiger partial charge is 0.158 e. The quantitative estimate of drug-likeness (QED) is 0.167. The van der Waals surface area contributed by atoms with Crippen molar-refractivity contribution in [3.63, 3.8) is 0 Å². The van der Waals surface area contributed by atoms with Crippen LogP contribution in [-0.4, -0.2) is 101 Å². The summed E-state index contributed by atoms with van der Waals surface area (Å²) in [5, 5.41) is 1.11. The Bertz CT molecular complexity index is 2370. The van der Waals surface area contributed by atoms with Crippen molar-refractivity contribution in [2.45, 2.75) is 61.4 Å². The van der Waals surface area contributed by atoms with Gasteiger partial charge in [0.25, 0.3) is 0 Å². The molecule has 4 atom stereocenters. The van der Waals surface area contributed by atoms with Crippen LogP contribution in [0.3, 0.4) is 0 Å². The predicted octanol–water partition coefficient (Wildman–Crippen LogP) is 8.12. The molecule has 10 nitrogen and oxygen atoms in total. The zero-order chi connectivity index (χ0) is 38.8. The van der Waals surface area contributed by atoms with Gasteiger partial charge in [0, 0.05) is 81.2 Å². The van der Waals surface area contributed by atoms with E-state index in [1.165, 1.54) is 38.8 Å². The van der Waals surface area contributed by atoms with Crippen LogP contribution in [-0.2, 0) is 22.0 Å². The van der Waals surface area contributed by atoms with E-state index in [2.05, 4.69) is 29.6 Å².